The molecule has 0 radical (unpaired) electrons. The molecular formula is C17H29IN4O2S. The number of hydrogen-bond acceptors (Lipinski definition) is 3. The normalized spacial score (nSPS) is 17.0. The molecule has 1 saturated heterocycles. The molecule has 0 spiro atoms. The SMILES string of the molecule is CCNC(=NCc1ccccc1)NCC1CCN(S(C)(=O)=O)CC1.I. The molecule has 6 nitrogen and oxygen atoms in total. The van der Waals surface area contributed by atoms with E-state index in [9.17, 15) is 8.42 Å². The van der Waals surface area contributed by atoms with Gasteiger partial charge in [0.1, 0.15) is 0 Å². The van der Waals surface area contributed by atoms with E-state index < -0.39 is 10.0 Å². The van der Waals surface area contributed by atoms with Crippen LogP contribution in [-0.4, -0.2) is 51.1 Å². The second-order valence-electron chi connectivity index (χ2n) is 6.17. The number of aliphatic imine (C=N–C) groups is 1. The Labute approximate surface area is 168 Å². The third kappa shape index (κ3) is 7.91. The van der Waals surface area contributed by atoms with Crippen LogP contribution in [0.1, 0.15) is 25.3 Å². The van der Waals surface area contributed by atoms with E-state index in [4.69, 9.17) is 0 Å². The van der Waals surface area contributed by atoms with Gasteiger partial charge in [-0.05, 0) is 31.2 Å². The fraction of sp³-hybridized carbons (Fsp3) is 0.588. The largest absolute Gasteiger partial charge is 0.357 e. The quantitative estimate of drug-likeness (QED) is 0.372. The molecule has 0 atom stereocenters. The highest BCUT2D eigenvalue weighted by Gasteiger charge is 2.24. The maximum absolute atomic E-state index is 11.5. The number of nitrogens with one attached hydrogen (secondary N) is 2. The van der Waals surface area contributed by atoms with Crippen molar-refractivity contribution in [1.82, 2.24) is 14.9 Å². The van der Waals surface area contributed by atoms with Crippen LogP contribution in [0.2, 0.25) is 0 Å². The Morgan fingerprint density at radius 3 is 2.40 bits per heavy atom. The highest BCUT2D eigenvalue weighted by Crippen LogP contribution is 2.18. The summed E-state index contributed by atoms with van der Waals surface area (Å²) in [7, 11) is -3.05. The number of guanidine groups is 1. The topological polar surface area (TPSA) is 73.8 Å². The lowest BCUT2D eigenvalue weighted by atomic mass is 9.98. The average Bonchev–Trinajstić information content (AvgIpc) is 2.58. The van der Waals surface area contributed by atoms with Crippen LogP contribution in [-0.2, 0) is 16.6 Å². The molecule has 1 heterocycles. The Bertz CT molecular complexity index is 629. The van der Waals surface area contributed by atoms with Gasteiger partial charge in [0.15, 0.2) is 5.96 Å². The second kappa shape index (κ2) is 11.0. The van der Waals surface area contributed by atoms with Crippen LogP contribution >= 0.6 is 24.0 Å². The smallest absolute Gasteiger partial charge is 0.211 e. The Kier molecular flexibility index (Phi) is 9.73. The molecule has 0 amide bonds. The van der Waals surface area contributed by atoms with Crippen LogP contribution < -0.4 is 10.6 Å². The summed E-state index contributed by atoms with van der Waals surface area (Å²) in [5.41, 5.74) is 1.18. The summed E-state index contributed by atoms with van der Waals surface area (Å²) in [6, 6.07) is 10.2. The lowest BCUT2D eigenvalue weighted by Gasteiger charge is -2.30. The molecule has 1 aromatic carbocycles. The summed E-state index contributed by atoms with van der Waals surface area (Å²) in [6.45, 7) is 5.55. The minimum Gasteiger partial charge on any atom is -0.357 e. The number of hydrogen-bond donors (Lipinski definition) is 2. The predicted molar refractivity (Wildman–Crippen MR) is 114 cm³/mol. The van der Waals surface area contributed by atoms with E-state index in [-0.39, 0.29) is 24.0 Å². The van der Waals surface area contributed by atoms with E-state index in [1.807, 2.05) is 25.1 Å². The average molecular weight is 480 g/mol. The van der Waals surface area contributed by atoms with Gasteiger partial charge in [0.2, 0.25) is 10.0 Å². The molecule has 0 saturated carbocycles. The molecule has 1 aliphatic heterocycles. The molecule has 0 aliphatic carbocycles. The first kappa shape index (κ1) is 22.2. The van der Waals surface area contributed by atoms with Crippen molar-refractivity contribution in [3.63, 3.8) is 0 Å². The van der Waals surface area contributed by atoms with Crippen LogP contribution in [0.25, 0.3) is 0 Å². The van der Waals surface area contributed by atoms with Crippen molar-refractivity contribution in [2.24, 2.45) is 10.9 Å². The van der Waals surface area contributed by atoms with E-state index in [1.54, 1.807) is 4.31 Å². The van der Waals surface area contributed by atoms with Crippen LogP contribution in [0.3, 0.4) is 0 Å². The molecule has 1 aromatic rings. The summed E-state index contributed by atoms with van der Waals surface area (Å²) >= 11 is 0. The van der Waals surface area contributed by atoms with Crippen molar-refractivity contribution in [2.45, 2.75) is 26.3 Å². The molecule has 25 heavy (non-hydrogen) atoms. The van der Waals surface area contributed by atoms with Crippen LogP contribution in [0.15, 0.2) is 35.3 Å². The number of rotatable bonds is 6. The zero-order valence-corrected chi connectivity index (χ0v) is 18.1. The summed E-state index contributed by atoms with van der Waals surface area (Å²) in [5.74, 6) is 1.29. The van der Waals surface area contributed by atoms with Crippen LogP contribution in [0.4, 0.5) is 0 Å². The Morgan fingerprint density at radius 1 is 1.20 bits per heavy atom. The van der Waals surface area contributed by atoms with E-state index in [1.165, 1.54) is 11.8 Å². The Hall–Kier alpha value is -0.870. The first-order valence-electron chi connectivity index (χ1n) is 8.50. The molecule has 142 valence electrons. The summed E-state index contributed by atoms with van der Waals surface area (Å²) in [6.07, 6.45) is 3.06. The van der Waals surface area contributed by atoms with Crippen molar-refractivity contribution in [3.05, 3.63) is 35.9 Å². The van der Waals surface area contributed by atoms with Crippen LogP contribution in [0.5, 0.6) is 0 Å². The second-order valence-corrected chi connectivity index (χ2v) is 8.15. The van der Waals surface area contributed by atoms with Gasteiger partial charge in [-0.1, -0.05) is 30.3 Å². The van der Waals surface area contributed by atoms with Gasteiger partial charge in [-0.3, -0.25) is 0 Å². The number of halogens is 1. The maximum atomic E-state index is 11.5. The molecule has 2 rings (SSSR count). The molecule has 1 aliphatic rings. The monoisotopic (exact) mass is 480 g/mol. The molecule has 1 fully saturated rings. The summed E-state index contributed by atoms with van der Waals surface area (Å²) < 4.78 is 24.7. The van der Waals surface area contributed by atoms with Crippen molar-refractivity contribution in [3.8, 4) is 0 Å². The Morgan fingerprint density at radius 2 is 1.84 bits per heavy atom. The predicted octanol–water partition coefficient (Wildman–Crippen LogP) is 2.03. The van der Waals surface area contributed by atoms with Crippen molar-refractivity contribution in [1.29, 1.82) is 0 Å². The van der Waals surface area contributed by atoms with E-state index in [0.29, 0.717) is 25.6 Å². The van der Waals surface area contributed by atoms with E-state index in [0.717, 1.165) is 31.9 Å². The standard InChI is InChI=1S/C17H28N4O2S.HI/c1-3-18-17(19-13-15-7-5-4-6-8-15)20-14-16-9-11-21(12-10-16)24(2,22)23;/h4-8,16H,3,9-14H2,1-2H3,(H2,18,19,20);1H. The third-order valence-electron chi connectivity index (χ3n) is 4.21. The van der Waals surface area contributed by atoms with E-state index >= 15 is 0 Å². The highest BCUT2D eigenvalue weighted by molar-refractivity contribution is 14.0. The van der Waals surface area contributed by atoms with Crippen LogP contribution in [0, 0.1) is 5.92 Å². The van der Waals surface area contributed by atoms with Crippen molar-refractivity contribution < 1.29 is 8.42 Å². The fourth-order valence-electron chi connectivity index (χ4n) is 2.78. The van der Waals surface area contributed by atoms with Gasteiger partial charge in [-0.2, -0.15) is 0 Å². The third-order valence-corrected chi connectivity index (χ3v) is 5.51. The molecule has 0 aromatic heterocycles. The first-order valence-corrected chi connectivity index (χ1v) is 10.3. The molecular weight excluding hydrogens is 451 g/mol. The van der Waals surface area contributed by atoms with Gasteiger partial charge >= 0.3 is 0 Å². The lowest BCUT2D eigenvalue weighted by molar-refractivity contribution is 0.275. The fourth-order valence-corrected chi connectivity index (χ4v) is 3.66. The van der Waals surface area contributed by atoms with Gasteiger partial charge in [-0.15, -0.1) is 24.0 Å². The summed E-state index contributed by atoms with van der Waals surface area (Å²) in [4.78, 5) is 4.61. The number of sulfonamides is 1. The van der Waals surface area contributed by atoms with Gasteiger partial charge in [-0.25, -0.2) is 17.7 Å². The van der Waals surface area contributed by atoms with Crippen molar-refractivity contribution >= 4 is 40.0 Å². The van der Waals surface area contributed by atoms with E-state index in [2.05, 4.69) is 27.8 Å². The number of nitrogens with zero attached hydrogens (tertiary/aromatic N) is 2. The molecule has 2 N–H and O–H groups in total. The molecule has 0 bridgehead atoms. The zero-order valence-electron chi connectivity index (χ0n) is 14.9. The highest BCUT2D eigenvalue weighted by atomic mass is 127. The van der Waals surface area contributed by atoms with Gasteiger partial charge in [0, 0.05) is 26.2 Å². The summed E-state index contributed by atoms with van der Waals surface area (Å²) in [5, 5.41) is 6.64. The molecule has 0 unspecified atom stereocenters. The lowest BCUT2D eigenvalue weighted by Crippen LogP contribution is -2.44. The zero-order chi connectivity index (χ0) is 17.4. The minimum atomic E-state index is -3.05. The molecule has 8 heteroatoms. The maximum Gasteiger partial charge on any atom is 0.211 e. The first-order chi connectivity index (χ1) is 11.5. The Balaban J connectivity index is 0.00000312. The number of piperidine rings is 1. The van der Waals surface area contributed by atoms with Gasteiger partial charge in [0.25, 0.3) is 0 Å². The minimum absolute atomic E-state index is 0. The van der Waals surface area contributed by atoms with Gasteiger partial charge < -0.3 is 10.6 Å². The number of benzene rings is 1. The van der Waals surface area contributed by atoms with Crippen molar-refractivity contribution in [2.75, 3.05) is 32.4 Å². The van der Waals surface area contributed by atoms with Gasteiger partial charge in [0.05, 0.1) is 12.8 Å².